The summed E-state index contributed by atoms with van der Waals surface area (Å²) in [6.07, 6.45) is 2.00. The molecular formula is C19H19ClN4. The fourth-order valence-corrected chi connectivity index (χ4v) is 3.33. The van der Waals surface area contributed by atoms with Gasteiger partial charge in [-0.3, -0.25) is 0 Å². The summed E-state index contributed by atoms with van der Waals surface area (Å²) in [4.78, 5) is 9.52. The molecule has 4 nitrogen and oxygen atoms in total. The number of hydrogen-bond acceptors (Lipinski definition) is 4. The maximum Gasteiger partial charge on any atom is 0.224 e. The molecule has 0 aliphatic carbocycles. The monoisotopic (exact) mass is 338 g/mol. The van der Waals surface area contributed by atoms with E-state index in [1.54, 1.807) is 0 Å². The van der Waals surface area contributed by atoms with Gasteiger partial charge in [-0.1, -0.05) is 48.5 Å². The van der Waals surface area contributed by atoms with E-state index < -0.39 is 0 Å². The Bertz CT molecular complexity index is 829. The molecule has 0 bridgehead atoms. The van der Waals surface area contributed by atoms with Crippen molar-refractivity contribution in [3.8, 4) is 11.3 Å². The summed E-state index contributed by atoms with van der Waals surface area (Å²) in [5.74, 6) is 0.695. The smallest absolute Gasteiger partial charge is 0.224 e. The average molecular weight is 339 g/mol. The summed E-state index contributed by atoms with van der Waals surface area (Å²) in [6.45, 7) is 1.77. The summed E-state index contributed by atoms with van der Waals surface area (Å²) >= 11 is 6.04. The van der Waals surface area contributed by atoms with Gasteiger partial charge in [0.1, 0.15) is 0 Å². The van der Waals surface area contributed by atoms with Gasteiger partial charge in [0.25, 0.3) is 0 Å². The van der Waals surface area contributed by atoms with Gasteiger partial charge in [-0.25, -0.2) is 14.4 Å². The second-order valence-corrected chi connectivity index (χ2v) is 6.59. The number of halogens is 1. The number of hydrogen-bond donors (Lipinski definition) is 1. The molecule has 1 fully saturated rings. The number of para-hydroxylation sites is 1. The number of nitrogens with zero attached hydrogens (tertiary/aromatic N) is 3. The normalized spacial score (nSPS) is 16.4. The van der Waals surface area contributed by atoms with Crippen molar-refractivity contribution in [2.45, 2.75) is 18.9 Å². The average Bonchev–Trinajstić information content (AvgIpc) is 2.64. The molecule has 5 heteroatoms. The van der Waals surface area contributed by atoms with Gasteiger partial charge in [-0.15, -0.1) is 0 Å². The number of aromatic nitrogens is 2. The molecule has 122 valence electrons. The Morgan fingerprint density at radius 2 is 1.62 bits per heavy atom. The van der Waals surface area contributed by atoms with Crippen LogP contribution in [0, 0.1) is 0 Å². The maximum atomic E-state index is 6.04. The van der Waals surface area contributed by atoms with E-state index in [1.165, 1.54) is 0 Å². The van der Waals surface area contributed by atoms with Crippen LogP contribution >= 0.6 is 11.8 Å². The van der Waals surface area contributed by atoms with Crippen LogP contribution in [0.4, 0.5) is 5.95 Å². The Labute approximate surface area is 146 Å². The highest BCUT2D eigenvalue weighted by Crippen LogP contribution is 2.27. The van der Waals surface area contributed by atoms with Crippen LogP contribution in [0.25, 0.3) is 22.2 Å². The molecule has 1 aliphatic rings. The zero-order valence-corrected chi connectivity index (χ0v) is 14.1. The van der Waals surface area contributed by atoms with Crippen LogP contribution < -0.4 is 5.32 Å². The number of benzene rings is 2. The van der Waals surface area contributed by atoms with Gasteiger partial charge < -0.3 is 5.32 Å². The van der Waals surface area contributed by atoms with Gasteiger partial charge in [0.05, 0.1) is 11.2 Å². The number of anilines is 1. The van der Waals surface area contributed by atoms with Gasteiger partial charge in [0, 0.05) is 30.1 Å². The lowest BCUT2D eigenvalue weighted by Gasteiger charge is -2.27. The number of fused-ring (bicyclic) bond motifs is 1. The van der Waals surface area contributed by atoms with E-state index in [9.17, 15) is 0 Å². The van der Waals surface area contributed by atoms with Gasteiger partial charge in [0.2, 0.25) is 5.95 Å². The molecule has 0 spiro atoms. The first-order valence-electron chi connectivity index (χ1n) is 8.29. The SMILES string of the molecule is ClN1CCC(Nc2nc(-c3ccccc3)c3ccccc3n2)CC1. The van der Waals surface area contributed by atoms with Crippen molar-refractivity contribution in [2.75, 3.05) is 18.4 Å². The van der Waals surface area contributed by atoms with E-state index in [0.717, 1.165) is 48.1 Å². The molecule has 1 N–H and O–H groups in total. The molecule has 3 aromatic rings. The number of rotatable bonds is 3. The molecule has 1 aliphatic heterocycles. The highest BCUT2D eigenvalue weighted by atomic mass is 35.5. The Balaban J connectivity index is 1.72. The molecule has 4 rings (SSSR count). The van der Waals surface area contributed by atoms with Crippen molar-refractivity contribution >= 4 is 28.6 Å². The number of nitrogens with one attached hydrogen (secondary N) is 1. The predicted octanol–water partition coefficient (Wildman–Crippen LogP) is 4.33. The third kappa shape index (κ3) is 3.21. The number of piperidine rings is 1. The Morgan fingerprint density at radius 3 is 2.42 bits per heavy atom. The molecule has 2 heterocycles. The van der Waals surface area contributed by atoms with Crippen molar-refractivity contribution in [1.29, 1.82) is 0 Å². The van der Waals surface area contributed by atoms with Crippen LogP contribution in [0.1, 0.15) is 12.8 Å². The molecule has 2 aromatic carbocycles. The molecule has 0 atom stereocenters. The minimum Gasteiger partial charge on any atom is -0.351 e. The van der Waals surface area contributed by atoms with Crippen molar-refractivity contribution in [1.82, 2.24) is 14.4 Å². The molecule has 0 amide bonds. The summed E-state index contributed by atoms with van der Waals surface area (Å²) in [5, 5.41) is 4.57. The van der Waals surface area contributed by atoms with Crippen molar-refractivity contribution < 1.29 is 0 Å². The molecule has 1 saturated heterocycles. The Morgan fingerprint density at radius 1 is 0.917 bits per heavy atom. The highest BCUT2D eigenvalue weighted by molar-refractivity contribution is 6.13. The van der Waals surface area contributed by atoms with E-state index in [1.807, 2.05) is 40.8 Å². The predicted molar refractivity (Wildman–Crippen MR) is 99.0 cm³/mol. The molecule has 0 saturated carbocycles. The molecular weight excluding hydrogens is 320 g/mol. The third-order valence-electron chi connectivity index (χ3n) is 4.42. The topological polar surface area (TPSA) is 41.0 Å². The molecule has 0 radical (unpaired) electrons. The fraction of sp³-hybridized carbons (Fsp3) is 0.263. The second-order valence-electron chi connectivity index (χ2n) is 6.11. The van der Waals surface area contributed by atoms with Crippen molar-refractivity contribution in [3.05, 3.63) is 54.6 Å². The minimum absolute atomic E-state index is 0.366. The first kappa shape index (κ1) is 15.4. The zero-order valence-electron chi connectivity index (χ0n) is 13.3. The van der Waals surface area contributed by atoms with Crippen molar-refractivity contribution in [3.63, 3.8) is 0 Å². The lowest BCUT2D eigenvalue weighted by molar-refractivity contribution is 0.347. The second kappa shape index (κ2) is 6.75. The van der Waals surface area contributed by atoms with Crippen LogP contribution in [-0.4, -0.2) is 33.5 Å². The zero-order chi connectivity index (χ0) is 16.4. The molecule has 1 aromatic heterocycles. The summed E-state index contributed by atoms with van der Waals surface area (Å²) in [7, 11) is 0. The van der Waals surface area contributed by atoms with Crippen molar-refractivity contribution in [2.24, 2.45) is 0 Å². The van der Waals surface area contributed by atoms with E-state index in [2.05, 4.69) is 23.5 Å². The van der Waals surface area contributed by atoms with E-state index in [0.29, 0.717) is 12.0 Å². The van der Waals surface area contributed by atoms with Crippen LogP contribution in [0.5, 0.6) is 0 Å². The standard InChI is InChI=1S/C19H19ClN4/c20-24-12-10-15(11-13-24)21-19-22-17-9-5-4-8-16(17)18(23-19)14-6-2-1-3-7-14/h1-9,15H,10-13H2,(H,21,22,23). The lowest BCUT2D eigenvalue weighted by Crippen LogP contribution is -2.34. The molecule has 0 unspecified atom stereocenters. The Hall–Kier alpha value is -2.17. The van der Waals surface area contributed by atoms with Gasteiger partial charge in [0.15, 0.2) is 0 Å². The van der Waals surface area contributed by atoms with Crippen LogP contribution in [0.3, 0.4) is 0 Å². The summed E-state index contributed by atoms with van der Waals surface area (Å²) < 4.78 is 1.84. The van der Waals surface area contributed by atoms with Gasteiger partial charge >= 0.3 is 0 Å². The summed E-state index contributed by atoms with van der Waals surface area (Å²) in [6, 6.07) is 18.8. The highest BCUT2D eigenvalue weighted by Gasteiger charge is 2.19. The summed E-state index contributed by atoms with van der Waals surface area (Å²) in [5.41, 5.74) is 3.04. The third-order valence-corrected chi connectivity index (χ3v) is 4.76. The lowest BCUT2D eigenvalue weighted by atomic mass is 10.1. The Kier molecular flexibility index (Phi) is 4.32. The quantitative estimate of drug-likeness (QED) is 0.722. The molecule has 24 heavy (non-hydrogen) atoms. The van der Waals surface area contributed by atoms with Crippen LogP contribution in [-0.2, 0) is 0 Å². The van der Waals surface area contributed by atoms with Gasteiger partial charge in [-0.2, -0.15) is 0 Å². The first-order chi connectivity index (χ1) is 11.8. The van der Waals surface area contributed by atoms with E-state index in [4.69, 9.17) is 21.7 Å². The maximum absolute atomic E-state index is 6.04. The fourth-order valence-electron chi connectivity index (χ4n) is 3.13. The van der Waals surface area contributed by atoms with E-state index >= 15 is 0 Å². The first-order valence-corrected chi connectivity index (χ1v) is 8.63. The van der Waals surface area contributed by atoms with E-state index in [-0.39, 0.29) is 0 Å². The minimum atomic E-state index is 0.366. The van der Waals surface area contributed by atoms with Crippen LogP contribution in [0.15, 0.2) is 54.6 Å². The van der Waals surface area contributed by atoms with Crippen LogP contribution in [0.2, 0.25) is 0 Å². The largest absolute Gasteiger partial charge is 0.351 e. The van der Waals surface area contributed by atoms with Gasteiger partial charge in [-0.05, 0) is 30.7 Å².